The lowest BCUT2D eigenvalue weighted by Crippen LogP contribution is -2.31. The van der Waals surface area contributed by atoms with Crippen molar-refractivity contribution in [3.05, 3.63) is 64.4 Å². The lowest BCUT2D eigenvalue weighted by atomic mass is 10.1. The topological polar surface area (TPSA) is 110 Å². The van der Waals surface area contributed by atoms with E-state index in [0.29, 0.717) is 31.6 Å². The van der Waals surface area contributed by atoms with Gasteiger partial charge in [-0.2, -0.15) is 0 Å². The van der Waals surface area contributed by atoms with Gasteiger partial charge in [-0.25, -0.2) is 13.6 Å². The number of amides is 1. The minimum Gasteiger partial charge on any atom is -0.476 e. The average molecular weight is 437 g/mol. The Labute approximate surface area is 174 Å². The van der Waals surface area contributed by atoms with Crippen LogP contribution in [0.4, 0.5) is 0 Å². The summed E-state index contributed by atoms with van der Waals surface area (Å²) in [5, 5.41) is 17.2. The number of likely N-dealkylation sites (tertiary alicyclic amines) is 1. The van der Waals surface area contributed by atoms with Gasteiger partial charge < -0.3 is 14.7 Å². The first-order valence-electron chi connectivity index (χ1n) is 9.20. The number of hydrogen-bond acceptors (Lipinski definition) is 6. The van der Waals surface area contributed by atoms with Crippen molar-refractivity contribution in [1.29, 1.82) is 0 Å². The van der Waals surface area contributed by atoms with E-state index in [9.17, 15) is 18.3 Å². The Morgan fingerprint density at radius 3 is 2.90 bits per heavy atom. The summed E-state index contributed by atoms with van der Waals surface area (Å²) in [4.78, 5) is 15.2. The molecule has 7 nitrogen and oxygen atoms in total. The maximum absolute atomic E-state index is 12.3. The summed E-state index contributed by atoms with van der Waals surface area (Å²) in [5.41, 5.74) is 0.824. The predicted octanol–water partition coefficient (Wildman–Crippen LogP) is 2.02. The van der Waals surface area contributed by atoms with Crippen LogP contribution in [0, 0.1) is 0 Å². The van der Waals surface area contributed by atoms with Crippen LogP contribution in [-0.2, 0) is 27.8 Å². The lowest BCUT2D eigenvalue weighted by molar-refractivity contribution is -0.129. The minimum absolute atomic E-state index is 0.0447. The number of rotatable bonds is 9. The van der Waals surface area contributed by atoms with Crippen LogP contribution in [0.2, 0.25) is 0 Å². The van der Waals surface area contributed by atoms with Gasteiger partial charge in [-0.15, -0.1) is 11.3 Å². The summed E-state index contributed by atoms with van der Waals surface area (Å²) < 4.78 is 27.3. The Morgan fingerprint density at radius 1 is 1.34 bits per heavy atom. The zero-order chi connectivity index (χ0) is 20.9. The molecule has 2 aromatic rings. The van der Waals surface area contributed by atoms with Crippen molar-refractivity contribution >= 4 is 27.3 Å². The Morgan fingerprint density at radius 2 is 2.17 bits per heavy atom. The van der Waals surface area contributed by atoms with Crippen molar-refractivity contribution in [2.24, 2.45) is 5.14 Å². The second kappa shape index (κ2) is 9.53. The molecule has 156 valence electrons. The molecule has 1 aromatic carbocycles. The van der Waals surface area contributed by atoms with Crippen LogP contribution < -0.4 is 9.88 Å². The van der Waals surface area contributed by atoms with E-state index in [0.717, 1.165) is 10.4 Å². The molecule has 29 heavy (non-hydrogen) atoms. The average Bonchev–Trinajstić information content (AvgIpc) is 3.29. The molecule has 2 heterocycles. The molecule has 9 heteroatoms. The van der Waals surface area contributed by atoms with Crippen LogP contribution in [0.1, 0.15) is 23.3 Å². The van der Waals surface area contributed by atoms with E-state index in [1.807, 2.05) is 29.7 Å². The van der Waals surface area contributed by atoms with Gasteiger partial charge >= 0.3 is 0 Å². The molecule has 2 atom stereocenters. The van der Waals surface area contributed by atoms with Gasteiger partial charge in [0.05, 0.1) is 12.1 Å². The maximum Gasteiger partial charge on any atom is 0.244 e. The fraction of sp³-hybridized carbons (Fsp3) is 0.350. The van der Waals surface area contributed by atoms with E-state index in [1.165, 1.54) is 0 Å². The molecule has 1 aromatic heterocycles. The van der Waals surface area contributed by atoms with Gasteiger partial charge in [-0.3, -0.25) is 4.79 Å². The summed E-state index contributed by atoms with van der Waals surface area (Å²) in [6.07, 6.45) is 4.76. The van der Waals surface area contributed by atoms with E-state index >= 15 is 0 Å². The third-order valence-electron chi connectivity index (χ3n) is 4.56. The maximum atomic E-state index is 12.3. The molecule has 1 unspecified atom stereocenters. The Bertz CT molecular complexity index is 957. The third kappa shape index (κ3) is 6.67. The van der Waals surface area contributed by atoms with Gasteiger partial charge in [0.1, 0.15) is 5.75 Å². The molecule has 1 saturated heterocycles. The molecule has 0 bridgehead atoms. The smallest absolute Gasteiger partial charge is 0.244 e. The Kier molecular flexibility index (Phi) is 7.07. The quantitative estimate of drug-likeness (QED) is 0.585. The highest BCUT2D eigenvalue weighted by Gasteiger charge is 2.29. The van der Waals surface area contributed by atoms with Crippen LogP contribution in [0.15, 0.2) is 53.9 Å². The molecule has 1 amide bonds. The zero-order valence-electron chi connectivity index (χ0n) is 15.8. The van der Waals surface area contributed by atoms with Crippen LogP contribution in [0.3, 0.4) is 0 Å². The third-order valence-corrected chi connectivity index (χ3v) is 5.91. The number of thiophene rings is 1. The van der Waals surface area contributed by atoms with Crippen molar-refractivity contribution in [2.45, 2.75) is 38.0 Å². The molecule has 0 spiro atoms. The van der Waals surface area contributed by atoms with E-state index in [-0.39, 0.29) is 11.9 Å². The van der Waals surface area contributed by atoms with Gasteiger partial charge in [0, 0.05) is 24.3 Å². The minimum atomic E-state index is -3.73. The standard InChI is InChI=1S/C20H24N2O5S2/c21-29(25,26)14-27-18-4-1-3-15(11-18)13-22-16(7-9-20(22)24)6-8-17(23)12-19-5-2-10-28-19/h1-6,8,10-11,16-17,23H,7,9,12-14H2,(H2,21,25,26)/t16-,17?/m0/s1. The first-order valence-corrected chi connectivity index (χ1v) is 11.8. The van der Waals surface area contributed by atoms with Gasteiger partial charge in [0.25, 0.3) is 0 Å². The number of sulfonamides is 1. The summed E-state index contributed by atoms with van der Waals surface area (Å²) in [5.74, 6) is -0.183. The van der Waals surface area contributed by atoms with Gasteiger partial charge in [0.15, 0.2) is 0 Å². The normalized spacial score (nSPS) is 18.5. The number of aliphatic hydroxyl groups excluding tert-OH is 1. The molecule has 1 aliphatic rings. The van der Waals surface area contributed by atoms with E-state index in [1.54, 1.807) is 40.5 Å². The number of carbonyl (C=O) groups is 1. The summed E-state index contributed by atoms with van der Waals surface area (Å²) in [7, 11) is -3.73. The van der Waals surface area contributed by atoms with Gasteiger partial charge in [-0.1, -0.05) is 30.4 Å². The molecular weight excluding hydrogens is 412 g/mol. The summed E-state index contributed by atoms with van der Waals surface area (Å²) in [6, 6.07) is 10.8. The highest BCUT2D eigenvalue weighted by atomic mass is 32.2. The van der Waals surface area contributed by atoms with Crippen molar-refractivity contribution in [2.75, 3.05) is 5.94 Å². The van der Waals surface area contributed by atoms with Crippen LogP contribution in [0.25, 0.3) is 0 Å². The molecule has 3 rings (SSSR count). The number of carbonyl (C=O) groups excluding carboxylic acids is 1. The second-order valence-corrected chi connectivity index (χ2v) is 9.53. The second-order valence-electron chi connectivity index (χ2n) is 6.94. The highest BCUT2D eigenvalue weighted by molar-refractivity contribution is 7.88. The van der Waals surface area contributed by atoms with Crippen LogP contribution >= 0.6 is 11.3 Å². The van der Waals surface area contributed by atoms with E-state index in [4.69, 9.17) is 9.88 Å². The monoisotopic (exact) mass is 436 g/mol. The number of primary sulfonamides is 1. The number of benzene rings is 1. The van der Waals surface area contributed by atoms with Gasteiger partial charge in [-0.05, 0) is 35.6 Å². The number of nitrogens with zero attached hydrogens (tertiary/aromatic N) is 1. The van der Waals surface area contributed by atoms with Crippen molar-refractivity contribution < 1.29 is 23.1 Å². The number of aliphatic hydroxyl groups is 1. The van der Waals surface area contributed by atoms with Crippen molar-refractivity contribution in [3.63, 3.8) is 0 Å². The molecule has 0 radical (unpaired) electrons. The molecule has 0 aliphatic carbocycles. The molecule has 3 N–H and O–H groups in total. The first-order chi connectivity index (χ1) is 13.8. The molecular formula is C20H24N2O5S2. The van der Waals surface area contributed by atoms with Crippen LogP contribution in [-0.4, -0.2) is 42.4 Å². The molecule has 0 saturated carbocycles. The van der Waals surface area contributed by atoms with Gasteiger partial charge in [0.2, 0.25) is 21.9 Å². The Hall–Kier alpha value is -2.20. The SMILES string of the molecule is NS(=O)(=O)COc1cccc(CN2C(=O)CC[C@@H]2C=CC(O)Cc2cccs2)c1. The largest absolute Gasteiger partial charge is 0.476 e. The number of ether oxygens (including phenoxy) is 1. The first kappa shape index (κ1) is 21.5. The lowest BCUT2D eigenvalue weighted by Gasteiger charge is -2.23. The predicted molar refractivity (Wildman–Crippen MR) is 112 cm³/mol. The van der Waals surface area contributed by atoms with Crippen molar-refractivity contribution in [3.8, 4) is 5.75 Å². The van der Waals surface area contributed by atoms with Crippen molar-refractivity contribution in [1.82, 2.24) is 4.90 Å². The fourth-order valence-corrected chi connectivity index (χ4v) is 4.26. The van der Waals surface area contributed by atoms with E-state index in [2.05, 4.69) is 0 Å². The number of hydrogen-bond donors (Lipinski definition) is 2. The highest BCUT2D eigenvalue weighted by Crippen LogP contribution is 2.24. The summed E-state index contributed by atoms with van der Waals surface area (Å²) >= 11 is 1.60. The molecule has 1 fully saturated rings. The zero-order valence-corrected chi connectivity index (χ0v) is 17.4. The number of nitrogens with two attached hydrogens (primary N) is 1. The van der Waals surface area contributed by atoms with Crippen LogP contribution in [0.5, 0.6) is 5.75 Å². The fourth-order valence-electron chi connectivity index (χ4n) is 3.20. The Balaban J connectivity index is 1.62. The van der Waals surface area contributed by atoms with E-state index < -0.39 is 22.1 Å². The summed E-state index contributed by atoms with van der Waals surface area (Å²) in [6.45, 7) is 0.376. The molecule has 1 aliphatic heterocycles.